The van der Waals surface area contributed by atoms with Crippen molar-refractivity contribution in [2.75, 3.05) is 20.1 Å². The molecular formula is C14H22N2. The normalized spacial score (nSPS) is 17.2. The van der Waals surface area contributed by atoms with Gasteiger partial charge in [-0.05, 0) is 38.4 Å². The van der Waals surface area contributed by atoms with Crippen molar-refractivity contribution in [1.29, 1.82) is 0 Å². The summed E-state index contributed by atoms with van der Waals surface area (Å²) in [7, 11) is 2.04. The van der Waals surface area contributed by atoms with Gasteiger partial charge in [-0.3, -0.25) is 4.90 Å². The number of nitrogens with zero attached hydrogens (tertiary/aromatic N) is 1. The standard InChI is InChI=1S/C14H22N2/c1-14(2,15-3)11-16-9-8-12-6-4-5-7-13(12)10-16/h4-7,15H,8-11H2,1-3H3. The fourth-order valence-corrected chi connectivity index (χ4v) is 2.33. The average molecular weight is 218 g/mol. The summed E-state index contributed by atoms with van der Waals surface area (Å²) < 4.78 is 0. The lowest BCUT2D eigenvalue weighted by Crippen LogP contribution is -2.48. The zero-order chi connectivity index (χ0) is 11.6. The summed E-state index contributed by atoms with van der Waals surface area (Å²) in [5.41, 5.74) is 3.23. The van der Waals surface area contributed by atoms with E-state index in [2.05, 4.69) is 48.3 Å². The van der Waals surface area contributed by atoms with Gasteiger partial charge >= 0.3 is 0 Å². The smallest absolute Gasteiger partial charge is 0.0249 e. The molecule has 2 rings (SSSR count). The van der Waals surface area contributed by atoms with Crippen LogP contribution in [0.3, 0.4) is 0 Å². The quantitative estimate of drug-likeness (QED) is 0.835. The van der Waals surface area contributed by atoms with Crippen LogP contribution in [0, 0.1) is 0 Å². The highest BCUT2D eigenvalue weighted by molar-refractivity contribution is 5.29. The Morgan fingerprint density at radius 3 is 2.62 bits per heavy atom. The van der Waals surface area contributed by atoms with Crippen molar-refractivity contribution in [2.45, 2.75) is 32.4 Å². The molecule has 1 heterocycles. The summed E-state index contributed by atoms with van der Waals surface area (Å²) in [4.78, 5) is 2.54. The summed E-state index contributed by atoms with van der Waals surface area (Å²) in [6.45, 7) is 7.91. The van der Waals surface area contributed by atoms with E-state index in [-0.39, 0.29) is 5.54 Å². The van der Waals surface area contributed by atoms with E-state index in [1.54, 1.807) is 0 Å². The molecule has 2 heteroatoms. The van der Waals surface area contributed by atoms with Crippen LogP contribution in [0.1, 0.15) is 25.0 Å². The van der Waals surface area contributed by atoms with E-state index < -0.39 is 0 Å². The molecule has 0 unspecified atom stereocenters. The average Bonchev–Trinajstić information content (AvgIpc) is 2.28. The largest absolute Gasteiger partial charge is 0.314 e. The van der Waals surface area contributed by atoms with E-state index in [0.29, 0.717) is 0 Å². The molecule has 0 radical (unpaired) electrons. The van der Waals surface area contributed by atoms with Crippen molar-refractivity contribution in [2.24, 2.45) is 0 Å². The van der Waals surface area contributed by atoms with Gasteiger partial charge in [0.05, 0.1) is 0 Å². The van der Waals surface area contributed by atoms with Crippen LogP contribution in [0.25, 0.3) is 0 Å². The topological polar surface area (TPSA) is 15.3 Å². The van der Waals surface area contributed by atoms with E-state index in [9.17, 15) is 0 Å². The number of hydrogen-bond acceptors (Lipinski definition) is 2. The van der Waals surface area contributed by atoms with Crippen LogP contribution in [0.15, 0.2) is 24.3 Å². The Balaban J connectivity index is 2.03. The van der Waals surface area contributed by atoms with E-state index >= 15 is 0 Å². The van der Waals surface area contributed by atoms with Crippen LogP contribution in [-0.4, -0.2) is 30.6 Å². The first-order valence-corrected chi connectivity index (χ1v) is 6.09. The highest BCUT2D eigenvalue weighted by atomic mass is 15.2. The molecule has 1 aromatic rings. The van der Waals surface area contributed by atoms with Gasteiger partial charge in [0, 0.05) is 25.2 Å². The van der Waals surface area contributed by atoms with Gasteiger partial charge in [-0.1, -0.05) is 24.3 Å². The lowest BCUT2D eigenvalue weighted by atomic mass is 9.97. The lowest BCUT2D eigenvalue weighted by Gasteiger charge is -2.35. The number of hydrogen-bond donors (Lipinski definition) is 1. The van der Waals surface area contributed by atoms with Crippen molar-refractivity contribution in [3.63, 3.8) is 0 Å². The van der Waals surface area contributed by atoms with E-state index in [1.165, 1.54) is 24.1 Å². The van der Waals surface area contributed by atoms with Gasteiger partial charge in [-0.2, -0.15) is 0 Å². The van der Waals surface area contributed by atoms with Gasteiger partial charge in [0.25, 0.3) is 0 Å². The lowest BCUT2D eigenvalue weighted by molar-refractivity contribution is 0.192. The predicted molar refractivity (Wildman–Crippen MR) is 68.6 cm³/mol. The Hall–Kier alpha value is -0.860. The second-order valence-corrected chi connectivity index (χ2v) is 5.36. The SMILES string of the molecule is CNC(C)(C)CN1CCc2ccccc2C1. The molecule has 16 heavy (non-hydrogen) atoms. The molecular weight excluding hydrogens is 196 g/mol. The molecule has 0 bridgehead atoms. The molecule has 0 atom stereocenters. The summed E-state index contributed by atoms with van der Waals surface area (Å²) in [6.07, 6.45) is 1.19. The minimum absolute atomic E-state index is 0.201. The minimum atomic E-state index is 0.201. The van der Waals surface area contributed by atoms with Gasteiger partial charge in [0.2, 0.25) is 0 Å². The maximum atomic E-state index is 3.37. The molecule has 0 saturated carbocycles. The van der Waals surface area contributed by atoms with Crippen LogP contribution < -0.4 is 5.32 Å². The molecule has 1 aromatic carbocycles. The molecule has 1 aliphatic rings. The Morgan fingerprint density at radius 2 is 1.94 bits per heavy atom. The summed E-state index contributed by atoms with van der Waals surface area (Å²) in [5.74, 6) is 0. The van der Waals surface area contributed by atoms with Gasteiger partial charge in [-0.15, -0.1) is 0 Å². The Labute approximate surface area is 98.7 Å². The molecule has 0 saturated heterocycles. The van der Waals surface area contributed by atoms with E-state index in [1.807, 2.05) is 7.05 Å². The summed E-state index contributed by atoms with van der Waals surface area (Å²) >= 11 is 0. The zero-order valence-electron chi connectivity index (χ0n) is 10.6. The Morgan fingerprint density at radius 1 is 1.25 bits per heavy atom. The summed E-state index contributed by atoms with van der Waals surface area (Å²) in [6, 6.07) is 8.81. The maximum absolute atomic E-state index is 3.37. The van der Waals surface area contributed by atoms with Gasteiger partial charge in [0.15, 0.2) is 0 Å². The summed E-state index contributed by atoms with van der Waals surface area (Å²) in [5, 5.41) is 3.37. The second-order valence-electron chi connectivity index (χ2n) is 5.36. The van der Waals surface area contributed by atoms with Crippen molar-refractivity contribution in [1.82, 2.24) is 10.2 Å². The van der Waals surface area contributed by atoms with Crippen molar-refractivity contribution >= 4 is 0 Å². The Bertz CT molecular complexity index is 358. The first kappa shape index (κ1) is 11.6. The third kappa shape index (κ3) is 2.63. The van der Waals surface area contributed by atoms with Crippen molar-refractivity contribution in [3.05, 3.63) is 35.4 Å². The van der Waals surface area contributed by atoms with Crippen LogP contribution in [0.5, 0.6) is 0 Å². The third-order valence-corrected chi connectivity index (χ3v) is 3.51. The predicted octanol–water partition coefficient (Wildman–Crippen LogP) is 2.04. The number of likely N-dealkylation sites (N-methyl/N-ethyl adjacent to an activating group) is 1. The minimum Gasteiger partial charge on any atom is -0.314 e. The molecule has 1 N–H and O–H groups in total. The van der Waals surface area contributed by atoms with Crippen LogP contribution in [0.2, 0.25) is 0 Å². The molecule has 0 spiro atoms. The van der Waals surface area contributed by atoms with Crippen LogP contribution in [-0.2, 0) is 13.0 Å². The zero-order valence-corrected chi connectivity index (χ0v) is 10.6. The Kier molecular flexibility index (Phi) is 3.31. The molecule has 2 nitrogen and oxygen atoms in total. The fraction of sp³-hybridized carbons (Fsp3) is 0.571. The highest BCUT2D eigenvalue weighted by Gasteiger charge is 2.22. The van der Waals surface area contributed by atoms with Crippen molar-refractivity contribution < 1.29 is 0 Å². The first-order chi connectivity index (χ1) is 7.61. The second kappa shape index (κ2) is 4.56. The third-order valence-electron chi connectivity index (χ3n) is 3.51. The number of nitrogens with one attached hydrogen (secondary N) is 1. The molecule has 0 fully saturated rings. The molecule has 1 aliphatic heterocycles. The molecule has 88 valence electrons. The monoisotopic (exact) mass is 218 g/mol. The fourth-order valence-electron chi connectivity index (χ4n) is 2.33. The van der Waals surface area contributed by atoms with Crippen LogP contribution in [0.4, 0.5) is 0 Å². The van der Waals surface area contributed by atoms with E-state index in [0.717, 1.165) is 13.1 Å². The molecule has 0 amide bonds. The van der Waals surface area contributed by atoms with Gasteiger partial charge < -0.3 is 5.32 Å². The molecule has 0 aliphatic carbocycles. The highest BCUT2D eigenvalue weighted by Crippen LogP contribution is 2.19. The maximum Gasteiger partial charge on any atom is 0.0249 e. The number of rotatable bonds is 3. The first-order valence-electron chi connectivity index (χ1n) is 6.09. The number of benzene rings is 1. The van der Waals surface area contributed by atoms with Crippen molar-refractivity contribution in [3.8, 4) is 0 Å². The van der Waals surface area contributed by atoms with Crippen LogP contribution >= 0.6 is 0 Å². The molecule has 0 aromatic heterocycles. The van der Waals surface area contributed by atoms with E-state index in [4.69, 9.17) is 0 Å². The number of fused-ring (bicyclic) bond motifs is 1. The van der Waals surface area contributed by atoms with Gasteiger partial charge in [-0.25, -0.2) is 0 Å². The van der Waals surface area contributed by atoms with Gasteiger partial charge in [0.1, 0.15) is 0 Å².